The summed E-state index contributed by atoms with van der Waals surface area (Å²) in [6.07, 6.45) is 0. The number of anilines is 1. The molecule has 6 nitrogen and oxygen atoms in total. The third-order valence-electron chi connectivity index (χ3n) is 4.62. The Kier molecular flexibility index (Phi) is 8.06. The quantitative estimate of drug-likeness (QED) is 0.453. The first kappa shape index (κ1) is 23.5. The van der Waals surface area contributed by atoms with E-state index in [0.29, 0.717) is 35.5 Å². The first-order chi connectivity index (χ1) is 14.2. The Morgan fingerprint density at radius 1 is 1.20 bits per heavy atom. The van der Waals surface area contributed by atoms with E-state index in [4.69, 9.17) is 16.3 Å². The smallest absolute Gasteiger partial charge is 0.221 e. The third-order valence-corrected chi connectivity index (χ3v) is 4.93. The number of methoxy groups -OCH3 is 1. The third kappa shape index (κ3) is 6.35. The number of carbonyl (C=O) groups excluding carboxylic acids is 1. The summed E-state index contributed by atoms with van der Waals surface area (Å²) in [5.74, 6) is 0.674. The summed E-state index contributed by atoms with van der Waals surface area (Å²) in [5, 5.41) is 9.68. The van der Waals surface area contributed by atoms with Gasteiger partial charge in [0, 0.05) is 37.5 Å². The van der Waals surface area contributed by atoms with Gasteiger partial charge in [0.1, 0.15) is 11.6 Å². The van der Waals surface area contributed by atoms with Crippen molar-refractivity contribution in [3.63, 3.8) is 0 Å². The Balaban J connectivity index is 2.02. The molecule has 2 aromatic rings. The van der Waals surface area contributed by atoms with Crippen LogP contribution < -0.4 is 20.7 Å². The number of aliphatic imine (C=N–C) groups is 1. The highest BCUT2D eigenvalue weighted by Crippen LogP contribution is 2.30. The topological polar surface area (TPSA) is 74.8 Å². The van der Waals surface area contributed by atoms with E-state index < -0.39 is 0 Å². The second-order valence-corrected chi connectivity index (χ2v) is 7.91. The molecule has 0 saturated heterocycles. The van der Waals surface area contributed by atoms with Crippen LogP contribution in [-0.4, -0.2) is 32.6 Å². The summed E-state index contributed by atoms with van der Waals surface area (Å²) in [6, 6.07) is 10.00. The summed E-state index contributed by atoms with van der Waals surface area (Å²) < 4.78 is 18.6. The molecule has 0 aliphatic rings. The van der Waals surface area contributed by atoms with Gasteiger partial charge in [0.05, 0.1) is 12.8 Å². The Bertz CT molecular complexity index is 931. The fraction of sp³-hybridized carbons (Fsp3) is 0.364. The van der Waals surface area contributed by atoms with Gasteiger partial charge in [-0.3, -0.25) is 9.79 Å². The molecule has 0 spiro atoms. The molecule has 30 heavy (non-hydrogen) atoms. The SMILES string of the molecule is CN=C(NCc1ccc(OC)c(NC(C)=O)c1)NCC(C)(C)c1ccc(F)cc1Cl. The molecule has 0 aromatic heterocycles. The maximum absolute atomic E-state index is 13.4. The van der Waals surface area contributed by atoms with E-state index >= 15 is 0 Å². The van der Waals surface area contributed by atoms with Crippen molar-refractivity contribution < 1.29 is 13.9 Å². The highest BCUT2D eigenvalue weighted by molar-refractivity contribution is 6.31. The molecular weight excluding hydrogens is 407 g/mol. The second kappa shape index (κ2) is 10.3. The maximum atomic E-state index is 13.4. The van der Waals surface area contributed by atoms with E-state index in [0.717, 1.165) is 11.1 Å². The van der Waals surface area contributed by atoms with Crippen LogP contribution in [0.5, 0.6) is 5.75 Å². The Hall–Kier alpha value is -2.80. The molecule has 8 heteroatoms. The predicted molar refractivity (Wildman–Crippen MR) is 120 cm³/mol. The largest absolute Gasteiger partial charge is 0.495 e. The number of guanidine groups is 1. The number of hydrogen-bond acceptors (Lipinski definition) is 3. The van der Waals surface area contributed by atoms with Crippen molar-refractivity contribution in [1.29, 1.82) is 0 Å². The fourth-order valence-electron chi connectivity index (χ4n) is 3.00. The minimum absolute atomic E-state index is 0.169. The Labute approximate surface area is 181 Å². The summed E-state index contributed by atoms with van der Waals surface area (Å²) in [6.45, 7) is 6.53. The average molecular weight is 435 g/mol. The van der Waals surface area contributed by atoms with E-state index in [2.05, 4.69) is 20.9 Å². The number of carbonyl (C=O) groups is 1. The number of halogens is 2. The van der Waals surface area contributed by atoms with Crippen LogP contribution in [0.2, 0.25) is 5.02 Å². The first-order valence-corrected chi connectivity index (χ1v) is 9.88. The average Bonchev–Trinajstić information content (AvgIpc) is 2.67. The molecule has 3 N–H and O–H groups in total. The molecule has 0 bridgehead atoms. The molecular formula is C22H28ClFN4O2. The van der Waals surface area contributed by atoms with Crippen molar-refractivity contribution in [2.24, 2.45) is 4.99 Å². The van der Waals surface area contributed by atoms with Crippen molar-refractivity contribution in [2.45, 2.75) is 32.7 Å². The molecule has 2 rings (SSSR count). The number of hydrogen-bond donors (Lipinski definition) is 3. The maximum Gasteiger partial charge on any atom is 0.221 e. The fourth-order valence-corrected chi connectivity index (χ4v) is 3.42. The standard InChI is InChI=1S/C22H28ClFN4O2/c1-14(29)28-19-10-15(6-9-20(19)30-5)12-26-21(25-4)27-13-22(2,3)17-8-7-16(24)11-18(17)23/h6-11H,12-13H2,1-5H3,(H,28,29)(H2,25,26,27). The zero-order valence-corrected chi connectivity index (χ0v) is 18.7. The lowest BCUT2D eigenvalue weighted by Crippen LogP contribution is -2.43. The van der Waals surface area contributed by atoms with Crippen LogP contribution in [0, 0.1) is 5.82 Å². The lowest BCUT2D eigenvalue weighted by atomic mass is 9.84. The van der Waals surface area contributed by atoms with Crippen molar-refractivity contribution >= 4 is 29.2 Å². The van der Waals surface area contributed by atoms with Gasteiger partial charge in [-0.2, -0.15) is 0 Å². The molecule has 2 aromatic carbocycles. The molecule has 0 heterocycles. The summed E-state index contributed by atoms with van der Waals surface area (Å²) in [5.41, 5.74) is 2.06. The summed E-state index contributed by atoms with van der Waals surface area (Å²) in [4.78, 5) is 15.7. The molecule has 162 valence electrons. The van der Waals surface area contributed by atoms with Crippen molar-refractivity contribution in [3.8, 4) is 5.75 Å². The van der Waals surface area contributed by atoms with Crippen LogP contribution in [0.3, 0.4) is 0 Å². The van der Waals surface area contributed by atoms with Crippen molar-refractivity contribution in [3.05, 3.63) is 58.4 Å². The molecule has 0 unspecified atom stereocenters. The van der Waals surface area contributed by atoms with Crippen LogP contribution in [0.4, 0.5) is 10.1 Å². The van der Waals surface area contributed by atoms with Crippen LogP contribution in [0.25, 0.3) is 0 Å². The van der Waals surface area contributed by atoms with Crippen LogP contribution in [0.1, 0.15) is 31.9 Å². The lowest BCUT2D eigenvalue weighted by molar-refractivity contribution is -0.114. The van der Waals surface area contributed by atoms with Crippen LogP contribution in [-0.2, 0) is 16.8 Å². The molecule has 0 atom stereocenters. The zero-order valence-electron chi connectivity index (χ0n) is 17.9. The number of amides is 1. The first-order valence-electron chi connectivity index (χ1n) is 9.51. The minimum atomic E-state index is -0.358. The van der Waals surface area contributed by atoms with Crippen molar-refractivity contribution in [1.82, 2.24) is 10.6 Å². The number of ether oxygens (including phenoxy) is 1. The van der Waals surface area contributed by atoms with Crippen molar-refractivity contribution in [2.75, 3.05) is 26.0 Å². The van der Waals surface area contributed by atoms with Gasteiger partial charge in [-0.1, -0.05) is 37.6 Å². The number of benzene rings is 2. The Morgan fingerprint density at radius 3 is 2.53 bits per heavy atom. The van der Waals surface area contributed by atoms with Crippen LogP contribution >= 0.6 is 11.6 Å². The predicted octanol–water partition coefficient (Wildman–Crippen LogP) is 4.09. The monoisotopic (exact) mass is 434 g/mol. The van der Waals surface area contributed by atoms with Gasteiger partial charge in [-0.05, 0) is 35.4 Å². The van der Waals surface area contributed by atoms with Gasteiger partial charge in [0.2, 0.25) is 5.91 Å². The second-order valence-electron chi connectivity index (χ2n) is 7.50. The van der Waals surface area contributed by atoms with E-state index in [9.17, 15) is 9.18 Å². The highest BCUT2D eigenvalue weighted by atomic mass is 35.5. The lowest BCUT2D eigenvalue weighted by Gasteiger charge is -2.27. The van der Waals surface area contributed by atoms with E-state index in [-0.39, 0.29) is 17.1 Å². The summed E-state index contributed by atoms with van der Waals surface area (Å²) >= 11 is 6.23. The number of nitrogens with one attached hydrogen (secondary N) is 3. The number of rotatable bonds is 7. The zero-order chi connectivity index (χ0) is 22.3. The van der Waals surface area contributed by atoms with Gasteiger partial charge in [-0.15, -0.1) is 0 Å². The van der Waals surface area contributed by atoms with Gasteiger partial charge in [0.15, 0.2) is 5.96 Å². The van der Waals surface area contributed by atoms with Gasteiger partial charge < -0.3 is 20.7 Å². The molecule has 0 aliphatic carbocycles. The molecule has 0 radical (unpaired) electrons. The minimum Gasteiger partial charge on any atom is -0.495 e. The number of nitrogens with zero attached hydrogens (tertiary/aromatic N) is 1. The van der Waals surface area contributed by atoms with E-state index in [1.165, 1.54) is 19.1 Å². The summed E-state index contributed by atoms with van der Waals surface area (Å²) in [7, 11) is 3.24. The highest BCUT2D eigenvalue weighted by Gasteiger charge is 2.24. The normalized spacial score (nSPS) is 11.8. The molecule has 0 fully saturated rings. The van der Waals surface area contributed by atoms with E-state index in [1.54, 1.807) is 26.3 Å². The van der Waals surface area contributed by atoms with E-state index in [1.807, 2.05) is 26.0 Å². The molecule has 1 amide bonds. The van der Waals surface area contributed by atoms with Gasteiger partial charge in [-0.25, -0.2) is 4.39 Å². The van der Waals surface area contributed by atoms with Gasteiger partial charge >= 0.3 is 0 Å². The molecule has 0 saturated carbocycles. The van der Waals surface area contributed by atoms with Crippen LogP contribution in [0.15, 0.2) is 41.4 Å². The molecule has 0 aliphatic heterocycles. The van der Waals surface area contributed by atoms with Gasteiger partial charge in [0.25, 0.3) is 0 Å². The Morgan fingerprint density at radius 2 is 1.93 bits per heavy atom.